The SMILES string of the molecule is O=C(Nc1nccc(-c2c(-c3ccc(F)cc3)ncn2C2CC2)n1)OCc1ccccc1. The van der Waals surface area contributed by atoms with Crippen LogP contribution in [0.2, 0.25) is 0 Å². The summed E-state index contributed by atoms with van der Waals surface area (Å²) >= 11 is 0. The maximum Gasteiger partial charge on any atom is 0.414 e. The van der Waals surface area contributed by atoms with E-state index in [9.17, 15) is 9.18 Å². The average molecular weight is 429 g/mol. The number of nitrogens with one attached hydrogen (secondary N) is 1. The van der Waals surface area contributed by atoms with Gasteiger partial charge in [-0.05, 0) is 48.7 Å². The molecule has 1 N–H and O–H groups in total. The predicted octanol–water partition coefficient (Wildman–Crippen LogP) is 5.23. The third-order valence-electron chi connectivity index (χ3n) is 5.18. The molecule has 0 unspecified atom stereocenters. The molecule has 1 saturated carbocycles. The number of anilines is 1. The lowest BCUT2D eigenvalue weighted by atomic mass is 10.1. The van der Waals surface area contributed by atoms with Gasteiger partial charge in [0, 0.05) is 17.8 Å². The molecule has 5 rings (SSSR count). The maximum absolute atomic E-state index is 13.4. The minimum absolute atomic E-state index is 0.133. The van der Waals surface area contributed by atoms with Crippen LogP contribution in [-0.2, 0) is 11.3 Å². The maximum atomic E-state index is 13.4. The highest BCUT2D eigenvalue weighted by Crippen LogP contribution is 2.41. The second kappa shape index (κ2) is 8.58. The fourth-order valence-corrected chi connectivity index (χ4v) is 3.46. The Morgan fingerprint density at radius 3 is 2.59 bits per heavy atom. The van der Waals surface area contributed by atoms with Crippen molar-refractivity contribution in [2.75, 3.05) is 5.32 Å². The van der Waals surface area contributed by atoms with E-state index < -0.39 is 6.09 Å². The Labute approximate surface area is 183 Å². The van der Waals surface area contributed by atoms with E-state index >= 15 is 0 Å². The standard InChI is InChI=1S/C24H20FN5O2/c25-18-8-6-17(7-9-18)21-22(30(15-27-21)19-10-11-19)20-12-13-26-23(28-20)29-24(31)32-14-16-4-2-1-3-5-16/h1-9,12-13,15,19H,10-11,14H2,(H,26,28,29,31). The first-order valence-corrected chi connectivity index (χ1v) is 10.3. The van der Waals surface area contributed by atoms with Gasteiger partial charge >= 0.3 is 6.09 Å². The molecule has 0 aliphatic heterocycles. The number of rotatable bonds is 6. The summed E-state index contributed by atoms with van der Waals surface area (Å²) in [4.78, 5) is 25.5. The molecule has 1 aliphatic rings. The third-order valence-corrected chi connectivity index (χ3v) is 5.18. The van der Waals surface area contributed by atoms with Crippen molar-refractivity contribution >= 4 is 12.0 Å². The second-order valence-electron chi connectivity index (χ2n) is 7.54. The van der Waals surface area contributed by atoms with E-state index in [2.05, 4.69) is 24.8 Å². The zero-order valence-electron chi connectivity index (χ0n) is 17.1. The monoisotopic (exact) mass is 429 g/mol. The number of nitrogens with zero attached hydrogens (tertiary/aromatic N) is 4. The van der Waals surface area contributed by atoms with E-state index in [-0.39, 0.29) is 18.4 Å². The van der Waals surface area contributed by atoms with Gasteiger partial charge in [0.25, 0.3) is 0 Å². The molecule has 1 fully saturated rings. The van der Waals surface area contributed by atoms with Crippen LogP contribution in [0.1, 0.15) is 24.4 Å². The average Bonchev–Trinajstić information content (AvgIpc) is 3.57. The van der Waals surface area contributed by atoms with E-state index in [1.807, 2.05) is 30.3 Å². The van der Waals surface area contributed by atoms with Gasteiger partial charge in [-0.15, -0.1) is 0 Å². The molecule has 0 radical (unpaired) electrons. The molecule has 0 bridgehead atoms. The molecule has 1 amide bonds. The summed E-state index contributed by atoms with van der Waals surface area (Å²) in [5.41, 5.74) is 3.79. The van der Waals surface area contributed by atoms with E-state index in [1.165, 1.54) is 12.1 Å². The number of hydrogen-bond donors (Lipinski definition) is 1. The number of halogens is 1. The highest BCUT2D eigenvalue weighted by molar-refractivity contribution is 5.83. The van der Waals surface area contributed by atoms with Gasteiger partial charge in [-0.2, -0.15) is 0 Å². The summed E-state index contributed by atoms with van der Waals surface area (Å²) in [6.07, 6.45) is 4.85. The number of carbonyl (C=O) groups excluding carboxylic acids is 1. The van der Waals surface area contributed by atoms with E-state index in [0.717, 1.165) is 29.7 Å². The number of imidazole rings is 1. The first-order chi connectivity index (χ1) is 15.7. The Hall–Kier alpha value is -4.07. The summed E-state index contributed by atoms with van der Waals surface area (Å²) in [5, 5.41) is 2.58. The van der Waals surface area contributed by atoms with Crippen LogP contribution in [0.3, 0.4) is 0 Å². The molecule has 7 nitrogen and oxygen atoms in total. The van der Waals surface area contributed by atoms with E-state index in [4.69, 9.17) is 4.74 Å². The van der Waals surface area contributed by atoms with Crippen molar-refractivity contribution in [3.63, 3.8) is 0 Å². The molecule has 2 heterocycles. The lowest BCUT2D eigenvalue weighted by Gasteiger charge is -2.11. The van der Waals surface area contributed by atoms with Crippen LogP contribution in [0.4, 0.5) is 15.1 Å². The molecule has 8 heteroatoms. The van der Waals surface area contributed by atoms with Crippen LogP contribution in [0.25, 0.3) is 22.6 Å². The smallest absolute Gasteiger partial charge is 0.414 e. The van der Waals surface area contributed by atoms with Gasteiger partial charge in [0.2, 0.25) is 5.95 Å². The van der Waals surface area contributed by atoms with Gasteiger partial charge in [-0.3, -0.25) is 5.32 Å². The summed E-state index contributed by atoms with van der Waals surface area (Å²) in [6, 6.07) is 17.7. The Morgan fingerprint density at radius 2 is 1.84 bits per heavy atom. The van der Waals surface area contributed by atoms with Gasteiger partial charge in [0.05, 0.1) is 23.4 Å². The zero-order valence-corrected chi connectivity index (χ0v) is 17.1. The van der Waals surface area contributed by atoms with Crippen molar-refractivity contribution in [1.29, 1.82) is 0 Å². The molecule has 0 saturated heterocycles. The topological polar surface area (TPSA) is 81.9 Å². The predicted molar refractivity (Wildman–Crippen MR) is 117 cm³/mol. The van der Waals surface area contributed by atoms with Gasteiger partial charge in [0.1, 0.15) is 12.4 Å². The number of ether oxygens (including phenoxy) is 1. The lowest BCUT2D eigenvalue weighted by molar-refractivity contribution is 0.155. The van der Waals surface area contributed by atoms with Crippen LogP contribution in [-0.4, -0.2) is 25.6 Å². The van der Waals surface area contributed by atoms with Crippen molar-refractivity contribution in [3.8, 4) is 22.6 Å². The molecule has 0 atom stereocenters. The number of aromatic nitrogens is 4. The van der Waals surface area contributed by atoms with Crippen molar-refractivity contribution in [2.45, 2.75) is 25.5 Å². The first-order valence-electron chi connectivity index (χ1n) is 10.3. The molecule has 32 heavy (non-hydrogen) atoms. The van der Waals surface area contributed by atoms with Gasteiger partial charge in [0.15, 0.2) is 0 Å². The van der Waals surface area contributed by atoms with Crippen LogP contribution >= 0.6 is 0 Å². The van der Waals surface area contributed by atoms with Gasteiger partial charge in [-0.1, -0.05) is 30.3 Å². The molecule has 0 spiro atoms. The van der Waals surface area contributed by atoms with Crippen molar-refractivity contribution < 1.29 is 13.9 Å². The zero-order chi connectivity index (χ0) is 21.9. The van der Waals surface area contributed by atoms with Crippen LogP contribution in [0.15, 0.2) is 73.2 Å². The number of hydrogen-bond acceptors (Lipinski definition) is 5. The van der Waals surface area contributed by atoms with Crippen molar-refractivity contribution in [3.05, 3.63) is 84.6 Å². The normalized spacial score (nSPS) is 13.0. The molecule has 2 aromatic heterocycles. The number of amides is 1. The third kappa shape index (κ3) is 4.34. The van der Waals surface area contributed by atoms with E-state index in [1.54, 1.807) is 30.7 Å². The Balaban J connectivity index is 1.40. The van der Waals surface area contributed by atoms with Crippen LogP contribution < -0.4 is 5.32 Å². The Bertz CT molecular complexity index is 1240. The Morgan fingerprint density at radius 1 is 1.06 bits per heavy atom. The summed E-state index contributed by atoms with van der Waals surface area (Å²) in [5.74, 6) is -0.173. The largest absolute Gasteiger partial charge is 0.444 e. The molecule has 1 aliphatic carbocycles. The Kier molecular flexibility index (Phi) is 5.33. The lowest BCUT2D eigenvalue weighted by Crippen LogP contribution is -2.15. The second-order valence-corrected chi connectivity index (χ2v) is 7.54. The summed E-state index contributed by atoms with van der Waals surface area (Å²) in [6.45, 7) is 0.148. The minimum atomic E-state index is -0.638. The van der Waals surface area contributed by atoms with Crippen molar-refractivity contribution in [2.24, 2.45) is 0 Å². The molecular weight excluding hydrogens is 409 g/mol. The first kappa shape index (κ1) is 19.9. The molecule has 4 aromatic rings. The highest BCUT2D eigenvalue weighted by atomic mass is 19.1. The highest BCUT2D eigenvalue weighted by Gasteiger charge is 2.29. The molecule has 2 aromatic carbocycles. The van der Waals surface area contributed by atoms with Crippen LogP contribution in [0.5, 0.6) is 0 Å². The quantitative estimate of drug-likeness (QED) is 0.454. The minimum Gasteiger partial charge on any atom is -0.444 e. The van der Waals surface area contributed by atoms with Crippen molar-refractivity contribution in [1.82, 2.24) is 19.5 Å². The fraction of sp³-hybridized carbons (Fsp3) is 0.167. The molecular formula is C24H20FN5O2. The number of carbonyl (C=O) groups is 1. The van der Waals surface area contributed by atoms with Crippen LogP contribution in [0, 0.1) is 5.82 Å². The summed E-state index contributed by atoms with van der Waals surface area (Å²) < 4.78 is 20.8. The van der Waals surface area contributed by atoms with Gasteiger partial charge in [-0.25, -0.2) is 24.1 Å². The molecule has 160 valence electrons. The summed E-state index contributed by atoms with van der Waals surface area (Å²) in [7, 11) is 0. The number of benzene rings is 2. The fourth-order valence-electron chi connectivity index (χ4n) is 3.46. The van der Waals surface area contributed by atoms with Gasteiger partial charge < -0.3 is 9.30 Å². The van der Waals surface area contributed by atoms with E-state index in [0.29, 0.717) is 17.4 Å².